The van der Waals surface area contributed by atoms with Gasteiger partial charge in [-0.2, -0.15) is 0 Å². The average molecular weight is 269 g/mol. The Bertz CT molecular complexity index is 606. The normalized spacial score (nSPS) is 10.3. The van der Waals surface area contributed by atoms with Crippen LogP contribution < -0.4 is 11.1 Å². The summed E-state index contributed by atoms with van der Waals surface area (Å²) in [6, 6.07) is 9.75. The van der Waals surface area contributed by atoms with E-state index in [1.54, 1.807) is 12.3 Å². The minimum absolute atomic E-state index is 0.0632. The Balaban J connectivity index is 2.03. The lowest BCUT2D eigenvalue weighted by Gasteiger charge is -2.08. The van der Waals surface area contributed by atoms with Gasteiger partial charge in [0.15, 0.2) is 0 Å². The Kier molecular flexibility index (Phi) is 4.48. The molecule has 0 unspecified atom stereocenters. The van der Waals surface area contributed by atoms with Crippen molar-refractivity contribution in [3.05, 3.63) is 58.8 Å². The van der Waals surface area contributed by atoms with Gasteiger partial charge in [-0.05, 0) is 36.6 Å². The molecule has 1 aromatic heterocycles. The lowest BCUT2D eigenvalue weighted by Crippen LogP contribution is -2.16. The van der Waals surface area contributed by atoms with Crippen molar-refractivity contribution in [1.82, 2.24) is 4.98 Å². The van der Waals surface area contributed by atoms with Gasteiger partial charge in [0.2, 0.25) is 5.91 Å². The van der Waals surface area contributed by atoms with E-state index in [2.05, 4.69) is 10.3 Å². The van der Waals surface area contributed by atoms with Gasteiger partial charge in [0.05, 0.1) is 6.42 Å². The van der Waals surface area contributed by atoms with Crippen LogP contribution in [0, 0.1) is 13.8 Å². The summed E-state index contributed by atoms with van der Waals surface area (Å²) >= 11 is 0. The molecule has 0 saturated carbocycles. The van der Waals surface area contributed by atoms with Gasteiger partial charge in [0, 0.05) is 12.7 Å². The molecule has 0 aliphatic rings. The lowest BCUT2D eigenvalue weighted by molar-refractivity contribution is -0.115. The van der Waals surface area contributed by atoms with Gasteiger partial charge in [-0.3, -0.25) is 4.79 Å². The third kappa shape index (κ3) is 3.65. The molecule has 4 heteroatoms. The van der Waals surface area contributed by atoms with Crippen LogP contribution in [-0.4, -0.2) is 10.9 Å². The molecule has 1 aromatic carbocycles. The number of benzene rings is 1. The van der Waals surface area contributed by atoms with Crippen molar-refractivity contribution in [2.24, 2.45) is 5.73 Å². The number of amides is 1. The molecule has 0 aliphatic carbocycles. The molecule has 2 aromatic rings. The van der Waals surface area contributed by atoms with Gasteiger partial charge in [-0.25, -0.2) is 4.98 Å². The maximum atomic E-state index is 12.0. The summed E-state index contributed by atoms with van der Waals surface area (Å²) in [5, 5.41) is 2.80. The molecule has 104 valence electrons. The smallest absolute Gasteiger partial charge is 0.229 e. The number of rotatable bonds is 4. The SMILES string of the molecule is Cc1ccc(C)c(CC(=O)Nc2ccc(CN)cn2)c1. The van der Waals surface area contributed by atoms with E-state index in [1.165, 1.54) is 0 Å². The number of nitrogens with zero attached hydrogens (tertiary/aromatic N) is 1. The first-order valence-corrected chi connectivity index (χ1v) is 6.59. The molecule has 1 amide bonds. The molecule has 0 aliphatic heterocycles. The second-order valence-corrected chi connectivity index (χ2v) is 4.91. The lowest BCUT2D eigenvalue weighted by atomic mass is 10.0. The maximum Gasteiger partial charge on any atom is 0.229 e. The van der Waals surface area contributed by atoms with E-state index in [9.17, 15) is 4.79 Å². The molecule has 0 spiro atoms. The van der Waals surface area contributed by atoms with Gasteiger partial charge in [-0.1, -0.05) is 29.8 Å². The van der Waals surface area contributed by atoms with Crippen LogP contribution in [0.15, 0.2) is 36.5 Å². The monoisotopic (exact) mass is 269 g/mol. The number of nitrogens with two attached hydrogens (primary N) is 1. The van der Waals surface area contributed by atoms with Crippen LogP contribution in [0.1, 0.15) is 22.3 Å². The summed E-state index contributed by atoms with van der Waals surface area (Å²) in [6.45, 7) is 4.48. The molecule has 0 fully saturated rings. The van der Waals surface area contributed by atoms with Crippen molar-refractivity contribution in [1.29, 1.82) is 0 Å². The van der Waals surface area contributed by atoms with Gasteiger partial charge in [-0.15, -0.1) is 0 Å². The van der Waals surface area contributed by atoms with E-state index in [0.29, 0.717) is 18.8 Å². The Morgan fingerprint density at radius 3 is 2.70 bits per heavy atom. The topological polar surface area (TPSA) is 68.0 Å². The predicted molar refractivity (Wildman–Crippen MR) is 80.4 cm³/mol. The van der Waals surface area contributed by atoms with Gasteiger partial charge in [0.1, 0.15) is 5.82 Å². The van der Waals surface area contributed by atoms with Crippen LogP contribution in [0.4, 0.5) is 5.82 Å². The number of pyridine rings is 1. The first kappa shape index (κ1) is 14.2. The fraction of sp³-hybridized carbons (Fsp3) is 0.250. The van der Waals surface area contributed by atoms with Gasteiger partial charge in [0.25, 0.3) is 0 Å². The maximum absolute atomic E-state index is 12.0. The van der Waals surface area contributed by atoms with Crippen LogP contribution in [0.2, 0.25) is 0 Å². The molecular weight excluding hydrogens is 250 g/mol. The summed E-state index contributed by atoms with van der Waals surface area (Å²) in [6.07, 6.45) is 2.03. The van der Waals surface area contributed by atoms with Gasteiger partial charge < -0.3 is 11.1 Å². The van der Waals surface area contributed by atoms with Crippen LogP contribution in [0.25, 0.3) is 0 Å². The number of aryl methyl sites for hydroxylation is 2. The third-order valence-corrected chi connectivity index (χ3v) is 3.18. The third-order valence-electron chi connectivity index (χ3n) is 3.18. The van der Waals surface area contributed by atoms with Crippen molar-refractivity contribution in [3.8, 4) is 0 Å². The molecule has 0 bridgehead atoms. The Hall–Kier alpha value is -2.20. The summed E-state index contributed by atoms with van der Waals surface area (Å²) in [5.74, 6) is 0.490. The average Bonchev–Trinajstić information content (AvgIpc) is 2.43. The number of aromatic nitrogens is 1. The number of anilines is 1. The van der Waals surface area contributed by atoms with Crippen molar-refractivity contribution >= 4 is 11.7 Å². The Morgan fingerprint density at radius 2 is 2.05 bits per heavy atom. The van der Waals surface area contributed by atoms with Crippen molar-refractivity contribution < 1.29 is 4.79 Å². The zero-order valence-corrected chi connectivity index (χ0v) is 11.8. The largest absolute Gasteiger partial charge is 0.326 e. The van der Waals surface area contributed by atoms with E-state index >= 15 is 0 Å². The molecule has 0 atom stereocenters. The van der Waals surface area contributed by atoms with E-state index in [4.69, 9.17) is 5.73 Å². The van der Waals surface area contributed by atoms with Crippen LogP contribution in [-0.2, 0) is 17.8 Å². The van der Waals surface area contributed by atoms with Crippen molar-refractivity contribution in [3.63, 3.8) is 0 Å². The minimum atomic E-state index is -0.0632. The standard InChI is InChI=1S/C16H19N3O/c1-11-3-4-12(2)14(7-11)8-16(20)19-15-6-5-13(9-17)10-18-15/h3-7,10H,8-9,17H2,1-2H3,(H,18,19,20). The number of hydrogen-bond acceptors (Lipinski definition) is 3. The Morgan fingerprint density at radius 1 is 1.25 bits per heavy atom. The van der Waals surface area contributed by atoms with Crippen LogP contribution >= 0.6 is 0 Å². The molecular formula is C16H19N3O. The van der Waals surface area contributed by atoms with E-state index in [1.807, 2.05) is 38.1 Å². The minimum Gasteiger partial charge on any atom is -0.326 e. The highest BCUT2D eigenvalue weighted by Gasteiger charge is 2.07. The summed E-state index contributed by atoms with van der Waals surface area (Å²) in [5.41, 5.74) is 9.77. The Labute approximate surface area is 119 Å². The zero-order chi connectivity index (χ0) is 14.5. The second kappa shape index (κ2) is 6.30. The number of carbonyl (C=O) groups is 1. The summed E-state index contributed by atoms with van der Waals surface area (Å²) in [4.78, 5) is 16.2. The molecule has 1 heterocycles. The number of hydrogen-bond donors (Lipinski definition) is 2. The quantitative estimate of drug-likeness (QED) is 0.895. The first-order valence-electron chi connectivity index (χ1n) is 6.59. The fourth-order valence-corrected chi connectivity index (χ4v) is 1.97. The van der Waals surface area contributed by atoms with E-state index in [0.717, 1.165) is 22.3 Å². The number of nitrogens with one attached hydrogen (secondary N) is 1. The second-order valence-electron chi connectivity index (χ2n) is 4.91. The van der Waals surface area contributed by atoms with Gasteiger partial charge >= 0.3 is 0 Å². The van der Waals surface area contributed by atoms with Crippen LogP contribution in [0.5, 0.6) is 0 Å². The molecule has 0 saturated heterocycles. The van der Waals surface area contributed by atoms with E-state index < -0.39 is 0 Å². The first-order chi connectivity index (χ1) is 9.58. The molecule has 20 heavy (non-hydrogen) atoms. The van der Waals surface area contributed by atoms with Crippen molar-refractivity contribution in [2.45, 2.75) is 26.8 Å². The molecule has 4 nitrogen and oxygen atoms in total. The summed E-state index contributed by atoms with van der Waals surface area (Å²) in [7, 11) is 0. The van der Waals surface area contributed by atoms with Crippen molar-refractivity contribution in [2.75, 3.05) is 5.32 Å². The predicted octanol–water partition coefficient (Wildman–Crippen LogP) is 2.34. The number of carbonyl (C=O) groups excluding carboxylic acids is 1. The highest BCUT2D eigenvalue weighted by molar-refractivity contribution is 5.91. The molecule has 3 N–H and O–H groups in total. The van der Waals surface area contributed by atoms with Crippen LogP contribution in [0.3, 0.4) is 0 Å². The zero-order valence-electron chi connectivity index (χ0n) is 11.8. The summed E-state index contributed by atoms with van der Waals surface area (Å²) < 4.78 is 0. The highest BCUT2D eigenvalue weighted by Crippen LogP contribution is 2.12. The molecule has 0 radical (unpaired) electrons. The molecule has 2 rings (SSSR count). The fourth-order valence-electron chi connectivity index (χ4n) is 1.97. The van der Waals surface area contributed by atoms with E-state index in [-0.39, 0.29) is 5.91 Å². The highest BCUT2D eigenvalue weighted by atomic mass is 16.1.